The van der Waals surface area contributed by atoms with Crippen molar-refractivity contribution in [3.05, 3.63) is 29.8 Å². The highest BCUT2D eigenvalue weighted by Gasteiger charge is 2.28. The average molecular weight is 302 g/mol. The first-order valence-electron chi connectivity index (χ1n) is 8.45. The minimum atomic E-state index is -0.258. The van der Waals surface area contributed by atoms with Crippen molar-refractivity contribution in [3.63, 3.8) is 0 Å². The first-order chi connectivity index (χ1) is 10.6. The number of benzene rings is 1. The number of rotatable bonds is 5. The van der Waals surface area contributed by atoms with Crippen LogP contribution < -0.4 is 4.90 Å². The van der Waals surface area contributed by atoms with Crippen LogP contribution in [-0.2, 0) is 11.2 Å². The van der Waals surface area contributed by atoms with Gasteiger partial charge in [-0.15, -0.1) is 0 Å². The number of hydrogen-bond donors (Lipinski definition) is 1. The fourth-order valence-electron chi connectivity index (χ4n) is 3.82. The number of nitrogens with zero attached hydrogens (tertiary/aromatic N) is 2. The monoisotopic (exact) mass is 302 g/mol. The normalized spacial score (nSPS) is 22.8. The van der Waals surface area contributed by atoms with Crippen molar-refractivity contribution in [2.75, 3.05) is 24.5 Å². The number of anilines is 1. The minimum Gasteiger partial charge on any atom is -0.393 e. The van der Waals surface area contributed by atoms with Crippen LogP contribution in [0.3, 0.4) is 0 Å². The van der Waals surface area contributed by atoms with Crippen molar-refractivity contribution in [3.8, 4) is 0 Å². The first-order valence-corrected chi connectivity index (χ1v) is 8.45. The van der Waals surface area contributed by atoms with Crippen molar-refractivity contribution in [1.29, 1.82) is 0 Å². The Morgan fingerprint density at radius 3 is 3.00 bits per heavy atom. The standard InChI is InChI=1S/C18H26N2O2/c1-14(21)13-16-6-4-10-19(16)11-9-18(22)20-12-8-15-5-2-3-7-17(15)20/h2-3,5,7,14,16,21H,4,6,8-13H2,1H3. The first kappa shape index (κ1) is 15.5. The molecule has 22 heavy (non-hydrogen) atoms. The Hall–Kier alpha value is -1.39. The van der Waals surface area contributed by atoms with Gasteiger partial charge in [0.05, 0.1) is 6.10 Å². The fraction of sp³-hybridized carbons (Fsp3) is 0.611. The molecule has 3 rings (SSSR count). The Labute approximate surface area is 132 Å². The second kappa shape index (κ2) is 6.80. The van der Waals surface area contributed by atoms with Gasteiger partial charge in [0, 0.05) is 31.2 Å². The number of aliphatic hydroxyl groups excluding tert-OH is 1. The number of hydrogen-bond acceptors (Lipinski definition) is 3. The van der Waals surface area contributed by atoms with Crippen molar-refractivity contribution in [1.82, 2.24) is 4.90 Å². The number of para-hydroxylation sites is 1. The number of carbonyl (C=O) groups excluding carboxylic acids is 1. The van der Waals surface area contributed by atoms with Crippen molar-refractivity contribution in [2.24, 2.45) is 0 Å². The molecule has 2 atom stereocenters. The van der Waals surface area contributed by atoms with E-state index in [1.165, 1.54) is 12.0 Å². The summed E-state index contributed by atoms with van der Waals surface area (Å²) >= 11 is 0. The summed E-state index contributed by atoms with van der Waals surface area (Å²) in [7, 11) is 0. The maximum absolute atomic E-state index is 12.5. The van der Waals surface area contributed by atoms with E-state index in [9.17, 15) is 9.90 Å². The number of carbonyl (C=O) groups is 1. The molecule has 2 aliphatic rings. The Bertz CT molecular complexity index is 530. The summed E-state index contributed by atoms with van der Waals surface area (Å²) in [6.07, 6.45) is 4.43. The van der Waals surface area contributed by atoms with Crippen LogP contribution in [0.5, 0.6) is 0 Å². The van der Waals surface area contributed by atoms with Crippen LogP contribution in [0.1, 0.15) is 38.2 Å². The fourth-order valence-corrected chi connectivity index (χ4v) is 3.82. The molecule has 1 fully saturated rings. The van der Waals surface area contributed by atoms with Gasteiger partial charge in [0.15, 0.2) is 0 Å². The van der Waals surface area contributed by atoms with Gasteiger partial charge in [-0.25, -0.2) is 0 Å². The molecule has 0 spiro atoms. The van der Waals surface area contributed by atoms with Gasteiger partial charge in [-0.2, -0.15) is 0 Å². The summed E-state index contributed by atoms with van der Waals surface area (Å²) in [6, 6.07) is 8.65. The lowest BCUT2D eigenvalue weighted by Crippen LogP contribution is -2.36. The summed E-state index contributed by atoms with van der Waals surface area (Å²) < 4.78 is 0. The van der Waals surface area contributed by atoms with E-state index in [0.29, 0.717) is 12.5 Å². The Balaban J connectivity index is 1.55. The number of likely N-dealkylation sites (tertiary alicyclic amines) is 1. The summed E-state index contributed by atoms with van der Waals surface area (Å²) in [5.74, 6) is 0.229. The third-order valence-corrected chi connectivity index (χ3v) is 4.91. The summed E-state index contributed by atoms with van der Waals surface area (Å²) in [6.45, 7) is 4.54. The molecule has 0 bridgehead atoms. The largest absolute Gasteiger partial charge is 0.393 e. The van der Waals surface area contributed by atoms with E-state index in [4.69, 9.17) is 0 Å². The van der Waals surface area contributed by atoms with Gasteiger partial charge >= 0.3 is 0 Å². The summed E-state index contributed by atoms with van der Waals surface area (Å²) in [5, 5.41) is 9.59. The average Bonchev–Trinajstić information content (AvgIpc) is 3.11. The molecule has 2 aliphatic heterocycles. The predicted octanol–water partition coefficient (Wildman–Crippen LogP) is 2.20. The molecule has 120 valence electrons. The number of fused-ring (bicyclic) bond motifs is 1. The van der Waals surface area contributed by atoms with E-state index in [1.54, 1.807) is 0 Å². The molecule has 2 heterocycles. The highest BCUT2D eigenvalue weighted by atomic mass is 16.3. The molecule has 0 saturated carbocycles. The number of aliphatic hydroxyl groups is 1. The van der Waals surface area contributed by atoms with Crippen LogP contribution in [0.4, 0.5) is 5.69 Å². The highest BCUT2D eigenvalue weighted by Crippen LogP contribution is 2.28. The Kier molecular flexibility index (Phi) is 4.79. The lowest BCUT2D eigenvalue weighted by molar-refractivity contribution is -0.118. The Morgan fingerprint density at radius 1 is 1.36 bits per heavy atom. The van der Waals surface area contributed by atoms with E-state index in [2.05, 4.69) is 11.0 Å². The van der Waals surface area contributed by atoms with E-state index >= 15 is 0 Å². The van der Waals surface area contributed by atoms with E-state index in [0.717, 1.165) is 44.6 Å². The molecule has 2 unspecified atom stereocenters. The zero-order valence-corrected chi connectivity index (χ0v) is 13.4. The molecule has 1 N–H and O–H groups in total. The summed E-state index contributed by atoms with van der Waals surface area (Å²) in [5.41, 5.74) is 2.37. The maximum Gasteiger partial charge on any atom is 0.228 e. The van der Waals surface area contributed by atoms with Gasteiger partial charge in [0.2, 0.25) is 5.91 Å². The van der Waals surface area contributed by atoms with Crippen LogP contribution in [0, 0.1) is 0 Å². The van der Waals surface area contributed by atoms with Crippen LogP contribution in [0.2, 0.25) is 0 Å². The lowest BCUT2D eigenvalue weighted by Gasteiger charge is -2.26. The van der Waals surface area contributed by atoms with Gasteiger partial charge in [-0.3, -0.25) is 9.69 Å². The molecule has 0 aliphatic carbocycles. The molecular weight excluding hydrogens is 276 g/mol. The zero-order chi connectivity index (χ0) is 15.5. The molecule has 0 aromatic heterocycles. The zero-order valence-electron chi connectivity index (χ0n) is 13.4. The van der Waals surface area contributed by atoms with Crippen molar-refractivity contribution < 1.29 is 9.90 Å². The second-order valence-corrected chi connectivity index (χ2v) is 6.59. The molecule has 1 aromatic rings. The van der Waals surface area contributed by atoms with Crippen LogP contribution in [0.25, 0.3) is 0 Å². The molecule has 1 aromatic carbocycles. The van der Waals surface area contributed by atoms with E-state index < -0.39 is 0 Å². The molecule has 1 amide bonds. The Morgan fingerprint density at radius 2 is 2.18 bits per heavy atom. The third kappa shape index (κ3) is 3.33. The maximum atomic E-state index is 12.5. The van der Waals surface area contributed by atoms with Crippen molar-refractivity contribution in [2.45, 2.75) is 51.2 Å². The molecular formula is C18H26N2O2. The third-order valence-electron chi connectivity index (χ3n) is 4.91. The SMILES string of the molecule is CC(O)CC1CCCN1CCC(=O)N1CCc2ccccc21. The van der Waals surface area contributed by atoms with Gasteiger partial charge in [-0.05, 0) is 50.8 Å². The second-order valence-electron chi connectivity index (χ2n) is 6.59. The topological polar surface area (TPSA) is 43.8 Å². The quantitative estimate of drug-likeness (QED) is 0.907. The van der Waals surface area contributed by atoms with Crippen LogP contribution >= 0.6 is 0 Å². The van der Waals surface area contributed by atoms with Gasteiger partial charge in [-0.1, -0.05) is 18.2 Å². The molecule has 0 radical (unpaired) electrons. The van der Waals surface area contributed by atoms with Gasteiger partial charge in [0.25, 0.3) is 0 Å². The van der Waals surface area contributed by atoms with Crippen molar-refractivity contribution >= 4 is 11.6 Å². The molecule has 1 saturated heterocycles. The number of amides is 1. The summed E-state index contributed by atoms with van der Waals surface area (Å²) in [4.78, 5) is 16.9. The lowest BCUT2D eigenvalue weighted by atomic mass is 10.1. The van der Waals surface area contributed by atoms with E-state index in [-0.39, 0.29) is 12.0 Å². The molecule has 4 heteroatoms. The smallest absolute Gasteiger partial charge is 0.228 e. The minimum absolute atomic E-state index is 0.229. The van der Waals surface area contributed by atoms with E-state index in [1.807, 2.05) is 30.0 Å². The van der Waals surface area contributed by atoms with Crippen LogP contribution in [0.15, 0.2) is 24.3 Å². The molecule has 4 nitrogen and oxygen atoms in total. The van der Waals surface area contributed by atoms with Gasteiger partial charge in [0.1, 0.15) is 0 Å². The highest BCUT2D eigenvalue weighted by molar-refractivity contribution is 5.95. The predicted molar refractivity (Wildman–Crippen MR) is 88.0 cm³/mol. The van der Waals surface area contributed by atoms with Crippen LogP contribution in [-0.4, -0.2) is 47.7 Å². The van der Waals surface area contributed by atoms with Gasteiger partial charge < -0.3 is 10.0 Å².